The molecule has 192 valence electrons. The van der Waals surface area contributed by atoms with Gasteiger partial charge in [0.15, 0.2) is 17.2 Å². The summed E-state index contributed by atoms with van der Waals surface area (Å²) in [4.78, 5) is 34.2. The first-order valence-corrected chi connectivity index (χ1v) is 11.4. The van der Waals surface area contributed by atoms with Crippen LogP contribution in [0.1, 0.15) is 46.2 Å². The highest BCUT2D eigenvalue weighted by atomic mass is 19.1. The number of hydrogen-bond donors (Lipinski definition) is 1. The Labute approximate surface area is 212 Å². The maximum Gasteiger partial charge on any atom is 0.373 e. The smallest absolute Gasteiger partial charge is 0.373 e. The molecular formula is C28H26F2N2O5. The number of carbonyl (C=O) groups excluding carboxylic acids is 3. The van der Waals surface area contributed by atoms with Gasteiger partial charge in [0.25, 0.3) is 0 Å². The van der Waals surface area contributed by atoms with E-state index >= 15 is 0 Å². The molecule has 7 nitrogen and oxygen atoms in total. The molecule has 1 N–H and O–H groups in total. The highest BCUT2D eigenvalue weighted by Gasteiger charge is 2.31. The van der Waals surface area contributed by atoms with Gasteiger partial charge in [0.2, 0.25) is 0 Å². The molecule has 4 rings (SSSR count). The number of carbonyl (C=O) groups is 1. The maximum atomic E-state index is 14.0. The molecule has 1 unspecified atom stereocenters. The molecule has 0 saturated heterocycles. The Balaban J connectivity index is 0.00000121. The number of imidazole rings is 1. The molecule has 0 aliphatic rings. The zero-order chi connectivity index (χ0) is 27.2. The third-order valence-electron chi connectivity index (χ3n) is 6.13. The standard InChI is InChI=1S/C27H26F2N2O3.CO2/c1-17-9-11-19(12-10-17)27(3,16-32)14-23(33)25-18(2)30-26-24(8-5-13-31(25)26)34-15-20-21(28)6-4-7-22(20)29;2-1-3/h4-13,32H,14-16H2,1-3H3;. The van der Waals surface area contributed by atoms with Gasteiger partial charge in [-0.2, -0.15) is 9.59 Å². The molecule has 0 spiro atoms. The molecule has 0 fully saturated rings. The van der Waals surface area contributed by atoms with Crippen LogP contribution in [0.3, 0.4) is 0 Å². The van der Waals surface area contributed by atoms with Crippen molar-refractivity contribution in [3.05, 3.63) is 101 Å². The van der Waals surface area contributed by atoms with Crippen LogP contribution >= 0.6 is 0 Å². The van der Waals surface area contributed by atoms with Crippen molar-refractivity contribution >= 4 is 17.6 Å². The molecule has 2 aromatic carbocycles. The van der Waals surface area contributed by atoms with E-state index in [-0.39, 0.29) is 37.1 Å². The summed E-state index contributed by atoms with van der Waals surface area (Å²) >= 11 is 0. The molecule has 0 radical (unpaired) electrons. The second-order valence-corrected chi connectivity index (χ2v) is 8.87. The van der Waals surface area contributed by atoms with Crippen molar-refractivity contribution in [3.63, 3.8) is 0 Å². The van der Waals surface area contributed by atoms with Crippen LogP contribution in [-0.4, -0.2) is 33.0 Å². The SMILES string of the molecule is Cc1ccc(C(C)(CO)CC(=O)c2c(C)nc3c(OCc4c(F)cccc4F)cccn23)cc1.O=C=O. The molecule has 0 bridgehead atoms. The molecule has 0 aliphatic heterocycles. The molecule has 4 aromatic rings. The van der Waals surface area contributed by atoms with E-state index in [2.05, 4.69) is 4.98 Å². The molecule has 0 amide bonds. The fourth-order valence-electron chi connectivity index (χ4n) is 4.07. The largest absolute Gasteiger partial charge is 0.485 e. The lowest BCUT2D eigenvalue weighted by Gasteiger charge is -2.27. The van der Waals surface area contributed by atoms with Gasteiger partial charge in [-0.3, -0.25) is 9.20 Å². The number of Topliss-reactive ketones (excluding diaryl/α,β-unsaturated/α-hetero) is 1. The lowest BCUT2D eigenvalue weighted by molar-refractivity contribution is -0.191. The van der Waals surface area contributed by atoms with E-state index in [4.69, 9.17) is 14.3 Å². The van der Waals surface area contributed by atoms with Crippen LogP contribution in [0, 0.1) is 25.5 Å². The van der Waals surface area contributed by atoms with Crippen LogP contribution in [0.4, 0.5) is 8.78 Å². The van der Waals surface area contributed by atoms with Gasteiger partial charge < -0.3 is 9.84 Å². The summed E-state index contributed by atoms with van der Waals surface area (Å²) < 4.78 is 35.3. The Hall–Kier alpha value is -4.20. The zero-order valence-electron chi connectivity index (χ0n) is 20.6. The first-order chi connectivity index (χ1) is 17.6. The van der Waals surface area contributed by atoms with Gasteiger partial charge in [0.1, 0.15) is 23.9 Å². The number of benzene rings is 2. The van der Waals surface area contributed by atoms with Crippen LogP contribution in [0.5, 0.6) is 5.75 Å². The Bertz CT molecular complexity index is 1420. The summed E-state index contributed by atoms with van der Waals surface area (Å²) in [6.45, 7) is 5.05. The third-order valence-corrected chi connectivity index (χ3v) is 6.13. The highest BCUT2D eigenvalue weighted by molar-refractivity contribution is 5.97. The number of pyridine rings is 1. The Kier molecular flexibility index (Phi) is 8.65. The minimum atomic E-state index is -0.766. The number of ketones is 1. The van der Waals surface area contributed by atoms with Gasteiger partial charge in [-0.05, 0) is 43.7 Å². The summed E-state index contributed by atoms with van der Waals surface area (Å²) in [5.41, 5.74) is 2.28. The van der Waals surface area contributed by atoms with Crippen molar-refractivity contribution < 1.29 is 33.0 Å². The van der Waals surface area contributed by atoms with E-state index in [1.807, 2.05) is 38.1 Å². The van der Waals surface area contributed by atoms with Crippen molar-refractivity contribution in [3.8, 4) is 5.75 Å². The lowest BCUT2D eigenvalue weighted by Crippen LogP contribution is -2.30. The number of aryl methyl sites for hydroxylation is 2. The third kappa shape index (κ3) is 5.97. The number of fused-ring (bicyclic) bond motifs is 1. The van der Waals surface area contributed by atoms with Gasteiger partial charge >= 0.3 is 6.15 Å². The van der Waals surface area contributed by atoms with E-state index in [1.54, 1.807) is 29.7 Å². The molecule has 2 heterocycles. The average Bonchev–Trinajstić information content (AvgIpc) is 3.21. The molecule has 9 heteroatoms. The normalized spacial score (nSPS) is 12.3. The van der Waals surface area contributed by atoms with Gasteiger partial charge in [0.05, 0.1) is 17.9 Å². The van der Waals surface area contributed by atoms with E-state index in [1.165, 1.54) is 18.2 Å². The number of nitrogens with zero attached hydrogens (tertiary/aromatic N) is 2. The van der Waals surface area contributed by atoms with Crippen LogP contribution in [0.25, 0.3) is 5.65 Å². The van der Waals surface area contributed by atoms with Gasteiger partial charge in [0, 0.05) is 18.0 Å². The van der Waals surface area contributed by atoms with Crippen molar-refractivity contribution in [1.29, 1.82) is 0 Å². The summed E-state index contributed by atoms with van der Waals surface area (Å²) in [5, 5.41) is 10.1. The predicted octanol–water partition coefficient (Wildman–Crippen LogP) is 4.75. The molecule has 0 saturated carbocycles. The number of aromatic nitrogens is 2. The zero-order valence-corrected chi connectivity index (χ0v) is 20.6. The van der Waals surface area contributed by atoms with Crippen LogP contribution in [0.15, 0.2) is 60.8 Å². The first-order valence-electron chi connectivity index (χ1n) is 11.4. The second-order valence-electron chi connectivity index (χ2n) is 8.87. The Morgan fingerprint density at radius 3 is 2.27 bits per heavy atom. The predicted molar refractivity (Wildman–Crippen MR) is 130 cm³/mol. The van der Waals surface area contributed by atoms with Gasteiger partial charge in [-0.25, -0.2) is 13.8 Å². The summed E-state index contributed by atoms with van der Waals surface area (Å²) in [7, 11) is 0. The second kappa shape index (κ2) is 11.7. The summed E-state index contributed by atoms with van der Waals surface area (Å²) in [5.74, 6) is -1.27. The number of ether oxygens (including phenoxy) is 1. The van der Waals surface area contributed by atoms with Gasteiger partial charge in [-0.1, -0.05) is 42.8 Å². The lowest BCUT2D eigenvalue weighted by atomic mass is 9.78. The maximum absolute atomic E-state index is 14.0. The average molecular weight is 509 g/mol. The quantitative estimate of drug-likeness (QED) is 0.345. The van der Waals surface area contributed by atoms with E-state index in [9.17, 15) is 18.7 Å². The molecular weight excluding hydrogens is 482 g/mol. The fourth-order valence-corrected chi connectivity index (χ4v) is 4.07. The van der Waals surface area contributed by atoms with Crippen molar-refractivity contribution in [2.45, 2.75) is 39.2 Å². The number of hydrogen-bond acceptors (Lipinski definition) is 6. The number of aliphatic hydroxyl groups is 1. The van der Waals surface area contributed by atoms with Crippen molar-refractivity contribution in [2.75, 3.05) is 6.61 Å². The molecule has 37 heavy (non-hydrogen) atoms. The van der Waals surface area contributed by atoms with Gasteiger partial charge in [-0.15, -0.1) is 0 Å². The number of rotatable bonds is 8. The summed E-state index contributed by atoms with van der Waals surface area (Å²) in [6.07, 6.45) is 2.02. The Morgan fingerprint density at radius 1 is 1.05 bits per heavy atom. The monoisotopic (exact) mass is 508 g/mol. The number of halogens is 2. The minimum absolute atomic E-state index is 0.0761. The van der Waals surface area contributed by atoms with Crippen LogP contribution in [0.2, 0.25) is 0 Å². The topological polar surface area (TPSA) is 98.0 Å². The molecule has 0 aliphatic carbocycles. The van der Waals surface area contributed by atoms with E-state index in [0.29, 0.717) is 22.8 Å². The Morgan fingerprint density at radius 2 is 1.68 bits per heavy atom. The van der Waals surface area contributed by atoms with E-state index in [0.717, 1.165) is 11.1 Å². The van der Waals surface area contributed by atoms with Crippen LogP contribution < -0.4 is 4.74 Å². The fraction of sp³-hybridized carbons (Fsp3) is 0.250. The highest BCUT2D eigenvalue weighted by Crippen LogP contribution is 2.31. The van der Waals surface area contributed by atoms with Crippen LogP contribution in [-0.2, 0) is 21.6 Å². The molecule has 2 aromatic heterocycles. The number of aliphatic hydroxyl groups excluding tert-OH is 1. The van der Waals surface area contributed by atoms with E-state index < -0.39 is 17.0 Å². The minimum Gasteiger partial charge on any atom is -0.485 e. The first kappa shape index (κ1) is 27.4. The van der Waals surface area contributed by atoms with Crippen molar-refractivity contribution in [1.82, 2.24) is 9.38 Å². The van der Waals surface area contributed by atoms with Crippen molar-refractivity contribution in [2.24, 2.45) is 0 Å². The summed E-state index contributed by atoms with van der Waals surface area (Å²) in [6, 6.07) is 14.7. The molecule has 1 atom stereocenters.